The molecule has 0 atom stereocenters. The number of nitrogens with zero attached hydrogens (tertiary/aromatic N) is 3. The van der Waals surface area contributed by atoms with Gasteiger partial charge in [0, 0.05) is 17.8 Å². The Morgan fingerprint density at radius 3 is 2.12 bits per heavy atom. The molecule has 25 heavy (non-hydrogen) atoms. The third kappa shape index (κ3) is 1.53. The number of hydrogen-bond acceptors (Lipinski definition) is 1. The minimum atomic E-state index is 0.984. The molecule has 0 saturated heterocycles. The summed E-state index contributed by atoms with van der Waals surface area (Å²) in [7, 11) is 2.10. The van der Waals surface area contributed by atoms with Gasteiger partial charge in [0.05, 0.1) is 22.1 Å². The van der Waals surface area contributed by atoms with Crippen LogP contribution in [0, 0.1) is 0 Å². The second-order valence-corrected chi connectivity index (χ2v) is 6.62. The lowest BCUT2D eigenvalue weighted by atomic mass is 10.1. The van der Waals surface area contributed by atoms with Gasteiger partial charge in [0.2, 0.25) is 5.78 Å². The van der Waals surface area contributed by atoms with E-state index < -0.39 is 0 Å². The number of benzene rings is 4. The summed E-state index contributed by atoms with van der Waals surface area (Å²) in [5.41, 5.74) is 4.67. The molecular weight excluding hydrogens is 306 g/mol. The molecule has 3 heteroatoms. The third-order valence-electron chi connectivity index (χ3n) is 5.30. The molecule has 0 aliphatic rings. The fourth-order valence-corrected chi connectivity index (χ4v) is 4.10. The first kappa shape index (κ1) is 13.0. The first-order valence-corrected chi connectivity index (χ1v) is 8.49. The van der Waals surface area contributed by atoms with Gasteiger partial charge in [0.25, 0.3) is 0 Å². The zero-order chi connectivity index (χ0) is 16.5. The van der Waals surface area contributed by atoms with Crippen LogP contribution in [0.5, 0.6) is 0 Å². The summed E-state index contributed by atoms with van der Waals surface area (Å²) >= 11 is 0. The highest BCUT2D eigenvalue weighted by molar-refractivity contribution is 6.11. The third-order valence-corrected chi connectivity index (χ3v) is 5.30. The van der Waals surface area contributed by atoms with Gasteiger partial charge in [0.15, 0.2) is 0 Å². The molecule has 0 fully saturated rings. The van der Waals surface area contributed by atoms with E-state index in [1.807, 2.05) is 0 Å². The fraction of sp³-hybridized carbons (Fsp3) is 0.0455. The zero-order valence-electron chi connectivity index (χ0n) is 13.8. The number of aromatic nitrogens is 3. The van der Waals surface area contributed by atoms with E-state index in [2.05, 4.69) is 88.8 Å². The van der Waals surface area contributed by atoms with Crippen molar-refractivity contribution in [1.82, 2.24) is 14.0 Å². The van der Waals surface area contributed by atoms with Crippen molar-refractivity contribution in [3.63, 3.8) is 0 Å². The predicted molar refractivity (Wildman–Crippen MR) is 104 cm³/mol. The van der Waals surface area contributed by atoms with Gasteiger partial charge >= 0.3 is 0 Å². The van der Waals surface area contributed by atoms with E-state index in [-0.39, 0.29) is 0 Å². The summed E-state index contributed by atoms with van der Waals surface area (Å²) in [6.45, 7) is 0. The Kier molecular flexibility index (Phi) is 2.29. The minimum absolute atomic E-state index is 0.984. The lowest BCUT2D eigenvalue weighted by molar-refractivity contribution is 0.974. The summed E-state index contributed by atoms with van der Waals surface area (Å²) in [4.78, 5) is 5.01. The largest absolute Gasteiger partial charge is 0.313 e. The van der Waals surface area contributed by atoms with E-state index in [1.54, 1.807) is 0 Å². The molecule has 2 heterocycles. The molecule has 0 aliphatic carbocycles. The van der Waals surface area contributed by atoms with E-state index in [4.69, 9.17) is 4.98 Å². The van der Waals surface area contributed by atoms with Crippen LogP contribution in [0.15, 0.2) is 72.8 Å². The quantitative estimate of drug-likeness (QED) is 0.373. The smallest absolute Gasteiger partial charge is 0.215 e. The second kappa shape index (κ2) is 4.39. The summed E-state index contributed by atoms with van der Waals surface area (Å²) in [6, 6.07) is 25.8. The maximum atomic E-state index is 5.01. The van der Waals surface area contributed by atoms with Gasteiger partial charge in [-0.05, 0) is 22.9 Å². The number of aryl methyl sites for hydroxylation is 1. The summed E-state index contributed by atoms with van der Waals surface area (Å²) in [5.74, 6) is 0.984. The first-order valence-electron chi connectivity index (χ1n) is 8.49. The highest BCUT2D eigenvalue weighted by Gasteiger charge is 2.17. The van der Waals surface area contributed by atoms with Crippen molar-refractivity contribution in [2.75, 3.05) is 0 Å². The average molecular weight is 321 g/mol. The molecule has 0 N–H and O–H groups in total. The highest BCUT2D eigenvalue weighted by atomic mass is 15.2. The Balaban J connectivity index is 1.96. The Morgan fingerprint density at radius 2 is 1.32 bits per heavy atom. The van der Waals surface area contributed by atoms with E-state index in [1.165, 1.54) is 32.6 Å². The molecule has 4 aromatic carbocycles. The van der Waals surface area contributed by atoms with Crippen molar-refractivity contribution in [2.24, 2.45) is 7.05 Å². The van der Waals surface area contributed by atoms with Crippen molar-refractivity contribution in [3.05, 3.63) is 72.8 Å². The van der Waals surface area contributed by atoms with Gasteiger partial charge in [-0.15, -0.1) is 0 Å². The number of rotatable bonds is 0. The van der Waals surface area contributed by atoms with Crippen molar-refractivity contribution in [2.45, 2.75) is 0 Å². The SMILES string of the molecule is Cn1c2ccc3ccccc3c2n2c3ccc4ccccc4c3nc12. The van der Waals surface area contributed by atoms with Crippen LogP contribution in [0.2, 0.25) is 0 Å². The average Bonchev–Trinajstić information content (AvgIpc) is 3.18. The number of imidazole rings is 2. The molecule has 0 spiro atoms. The van der Waals surface area contributed by atoms with E-state index in [0.29, 0.717) is 0 Å². The monoisotopic (exact) mass is 321 g/mol. The molecule has 6 aromatic rings. The molecule has 118 valence electrons. The molecule has 0 amide bonds. The summed E-state index contributed by atoms with van der Waals surface area (Å²) in [5, 5.41) is 4.95. The van der Waals surface area contributed by atoms with Crippen LogP contribution in [-0.2, 0) is 7.05 Å². The van der Waals surface area contributed by atoms with Crippen molar-refractivity contribution < 1.29 is 0 Å². The molecule has 0 aliphatic heterocycles. The van der Waals surface area contributed by atoms with Crippen molar-refractivity contribution in [1.29, 1.82) is 0 Å². The maximum absolute atomic E-state index is 5.01. The molecule has 3 nitrogen and oxygen atoms in total. The van der Waals surface area contributed by atoms with Gasteiger partial charge in [-0.2, -0.15) is 0 Å². The number of hydrogen-bond donors (Lipinski definition) is 0. The highest BCUT2D eigenvalue weighted by Crippen LogP contribution is 2.33. The first-order chi connectivity index (χ1) is 12.3. The predicted octanol–water partition coefficient (Wildman–Crippen LogP) is 5.29. The molecule has 2 aromatic heterocycles. The topological polar surface area (TPSA) is 22.2 Å². The van der Waals surface area contributed by atoms with Gasteiger partial charge in [-0.1, -0.05) is 60.7 Å². The lowest BCUT2D eigenvalue weighted by Gasteiger charge is -2.03. The van der Waals surface area contributed by atoms with Crippen LogP contribution in [0.1, 0.15) is 0 Å². The van der Waals surface area contributed by atoms with Gasteiger partial charge in [-0.3, -0.25) is 4.40 Å². The Labute approximate surface area is 143 Å². The summed E-state index contributed by atoms with van der Waals surface area (Å²) < 4.78 is 4.50. The van der Waals surface area contributed by atoms with E-state index in [0.717, 1.165) is 16.8 Å². The van der Waals surface area contributed by atoms with Crippen LogP contribution in [0.25, 0.3) is 49.4 Å². The van der Waals surface area contributed by atoms with Crippen LogP contribution in [0.3, 0.4) is 0 Å². The molecular formula is C22H15N3. The fourth-order valence-electron chi connectivity index (χ4n) is 4.10. The van der Waals surface area contributed by atoms with Gasteiger partial charge in [-0.25, -0.2) is 4.98 Å². The Morgan fingerprint density at radius 1 is 0.680 bits per heavy atom. The van der Waals surface area contributed by atoms with E-state index in [9.17, 15) is 0 Å². The standard InChI is InChI=1S/C22H15N3/c1-24-19-13-11-15-7-3-5-9-17(15)21(19)25-18-12-10-14-6-2-4-8-16(14)20(18)23-22(24)25/h2-13H,1H3. The van der Waals surface area contributed by atoms with Crippen LogP contribution in [-0.4, -0.2) is 14.0 Å². The van der Waals surface area contributed by atoms with Gasteiger partial charge < -0.3 is 4.57 Å². The van der Waals surface area contributed by atoms with Crippen molar-refractivity contribution in [3.8, 4) is 0 Å². The van der Waals surface area contributed by atoms with Crippen LogP contribution in [0.4, 0.5) is 0 Å². The lowest BCUT2D eigenvalue weighted by Crippen LogP contribution is -1.87. The van der Waals surface area contributed by atoms with Gasteiger partial charge in [0.1, 0.15) is 0 Å². The van der Waals surface area contributed by atoms with Crippen molar-refractivity contribution >= 4 is 49.4 Å². The second-order valence-electron chi connectivity index (χ2n) is 6.62. The molecule has 0 bridgehead atoms. The van der Waals surface area contributed by atoms with E-state index >= 15 is 0 Å². The molecule has 0 saturated carbocycles. The minimum Gasteiger partial charge on any atom is -0.313 e. The molecule has 0 radical (unpaired) electrons. The Bertz CT molecular complexity index is 1450. The molecule has 6 rings (SSSR count). The zero-order valence-corrected chi connectivity index (χ0v) is 13.8. The van der Waals surface area contributed by atoms with Crippen LogP contribution < -0.4 is 0 Å². The normalized spacial score (nSPS) is 12.2. The van der Waals surface area contributed by atoms with Crippen LogP contribution >= 0.6 is 0 Å². The Hall–Kier alpha value is -3.33. The summed E-state index contributed by atoms with van der Waals surface area (Å²) in [6.07, 6.45) is 0. The molecule has 0 unspecified atom stereocenters. The number of fused-ring (bicyclic) bond motifs is 9. The maximum Gasteiger partial charge on any atom is 0.215 e.